The normalized spacial score (nSPS) is 18.5. The van der Waals surface area contributed by atoms with Gasteiger partial charge in [0.2, 0.25) is 0 Å². The molecule has 0 spiro atoms. The van der Waals surface area contributed by atoms with Crippen LogP contribution in [0.3, 0.4) is 0 Å². The van der Waals surface area contributed by atoms with Gasteiger partial charge in [0, 0.05) is 0 Å². The van der Waals surface area contributed by atoms with Gasteiger partial charge < -0.3 is 10.8 Å². The molecule has 0 aromatic heterocycles. The number of rotatable bonds is 4. The molecule has 15 heavy (non-hydrogen) atoms. The van der Waals surface area contributed by atoms with E-state index in [0.717, 1.165) is 11.5 Å². The lowest BCUT2D eigenvalue weighted by Gasteiger charge is -2.26. The molecule has 0 heterocycles. The molecule has 1 aliphatic carbocycles. The van der Waals surface area contributed by atoms with E-state index in [9.17, 15) is 5.11 Å². The summed E-state index contributed by atoms with van der Waals surface area (Å²) in [5.74, 6) is 0.769. The van der Waals surface area contributed by atoms with E-state index < -0.39 is 6.10 Å². The Hall–Kier alpha value is -0.860. The molecule has 0 radical (unpaired) electrons. The van der Waals surface area contributed by atoms with Gasteiger partial charge in [-0.15, -0.1) is 0 Å². The molecule has 1 saturated carbocycles. The van der Waals surface area contributed by atoms with Gasteiger partial charge in [-0.1, -0.05) is 30.7 Å². The van der Waals surface area contributed by atoms with Gasteiger partial charge >= 0.3 is 0 Å². The van der Waals surface area contributed by atoms with Crippen LogP contribution in [0.25, 0.3) is 0 Å². The Kier molecular flexibility index (Phi) is 3.39. The Balaban J connectivity index is 2.02. The fourth-order valence-corrected chi connectivity index (χ4v) is 2.06. The van der Waals surface area contributed by atoms with Crippen molar-refractivity contribution in [2.75, 3.05) is 6.54 Å². The van der Waals surface area contributed by atoms with Crippen LogP contribution in [0.15, 0.2) is 24.3 Å². The number of nitrogens with two attached hydrogens (primary N) is 1. The summed E-state index contributed by atoms with van der Waals surface area (Å²) in [5, 5.41) is 9.74. The van der Waals surface area contributed by atoms with Gasteiger partial charge in [-0.2, -0.15) is 0 Å². The van der Waals surface area contributed by atoms with Crippen molar-refractivity contribution in [2.45, 2.75) is 37.7 Å². The molecule has 2 nitrogen and oxygen atoms in total. The lowest BCUT2D eigenvalue weighted by molar-refractivity contribution is 0.170. The zero-order valence-electron chi connectivity index (χ0n) is 9.02. The zero-order chi connectivity index (χ0) is 10.7. The molecule has 2 heteroatoms. The Morgan fingerprint density at radius 1 is 1.27 bits per heavy atom. The van der Waals surface area contributed by atoms with Crippen molar-refractivity contribution in [3.05, 3.63) is 35.4 Å². The Bertz CT molecular complexity index is 303. The lowest BCUT2D eigenvalue weighted by atomic mass is 9.80. The van der Waals surface area contributed by atoms with Crippen LogP contribution in [0, 0.1) is 0 Å². The minimum absolute atomic E-state index is 0.398. The maximum atomic E-state index is 9.74. The molecular formula is C13H19NO. The third kappa shape index (κ3) is 2.39. The highest BCUT2D eigenvalue weighted by Gasteiger charge is 2.19. The van der Waals surface area contributed by atoms with E-state index >= 15 is 0 Å². The van der Waals surface area contributed by atoms with E-state index in [-0.39, 0.29) is 0 Å². The number of aliphatic hydroxyl groups excluding tert-OH is 1. The van der Waals surface area contributed by atoms with E-state index in [1.807, 2.05) is 12.1 Å². The van der Waals surface area contributed by atoms with Crippen LogP contribution < -0.4 is 5.73 Å². The minimum atomic E-state index is -0.398. The predicted octanol–water partition coefficient (Wildman–Crippen LogP) is 2.34. The van der Waals surface area contributed by atoms with Crippen LogP contribution in [-0.2, 0) is 0 Å². The lowest BCUT2D eigenvalue weighted by Crippen LogP contribution is -2.09. The fraction of sp³-hybridized carbons (Fsp3) is 0.538. The van der Waals surface area contributed by atoms with Crippen molar-refractivity contribution in [3.63, 3.8) is 0 Å². The number of benzene rings is 1. The minimum Gasteiger partial charge on any atom is -0.388 e. The summed E-state index contributed by atoms with van der Waals surface area (Å²) in [7, 11) is 0. The molecule has 2 rings (SSSR count). The van der Waals surface area contributed by atoms with Crippen molar-refractivity contribution < 1.29 is 5.11 Å². The van der Waals surface area contributed by atoms with Gasteiger partial charge in [-0.25, -0.2) is 0 Å². The molecule has 82 valence electrons. The first-order chi connectivity index (χ1) is 7.31. The van der Waals surface area contributed by atoms with Crippen LogP contribution >= 0.6 is 0 Å². The van der Waals surface area contributed by atoms with Gasteiger partial charge in [0.15, 0.2) is 0 Å². The van der Waals surface area contributed by atoms with Crippen LogP contribution in [-0.4, -0.2) is 11.7 Å². The van der Waals surface area contributed by atoms with Crippen LogP contribution in [0.4, 0.5) is 0 Å². The molecule has 3 N–H and O–H groups in total. The molecule has 0 bridgehead atoms. The molecule has 0 saturated heterocycles. The first-order valence-electron chi connectivity index (χ1n) is 5.79. The summed E-state index contributed by atoms with van der Waals surface area (Å²) >= 11 is 0. The average Bonchev–Trinajstić information content (AvgIpc) is 2.16. The molecular weight excluding hydrogens is 186 g/mol. The van der Waals surface area contributed by atoms with Gasteiger partial charge in [0.25, 0.3) is 0 Å². The Morgan fingerprint density at radius 3 is 2.40 bits per heavy atom. The highest BCUT2D eigenvalue weighted by Crippen LogP contribution is 2.36. The standard InChI is InChI=1S/C13H19NO/c14-9-8-13(15)12-6-4-11(5-7-12)10-2-1-3-10/h4-7,10,13,15H,1-3,8-9,14H2. The third-order valence-electron chi connectivity index (χ3n) is 3.34. The fourth-order valence-electron chi connectivity index (χ4n) is 2.06. The summed E-state index contributed by atoms with van der Waals surface area (Å²) < 4.78 is 0. The number of aliphatic hydroxyl groups is 1. The van der Waals surface area contributed by atoms with E-state index in [4.69, 9.17) is 5.73 Å². The third-order valence-corrected chi connectivity index (χ3v) is 3.34. The molecule has 1 unspecified atom stereocenters. The van der Waals surface area contributed by atoms with E-state index in [0.29, 0.717) is 13.0 Å². The monoisotopic (exact) mass is 205 g/mol. The number of hydrogen-bond donors (Lipinski definition) is 2. The van der Waals surface area contributed by atoms with E-state index in [2.05, 4.69) is 12.1 Å². The Labute approximate surface area is 91.1 Å². The first-order valence-corrected chi connectivity index (χ1v) is 5.79. The second kappa shape index (κ2) is 4.77. The van der Waals surface area contributed by atoms with E-state index in [1.165, 1.54) is 24.8 Å². The summed E-state index contributed by atoms with van der Waals surface area (Å²) in [6, 6.07) is 8.37. The van der Waals surface area contributed by atoms with Crippen molar-refractivity contribution in [2.24, 2.45) is 5.73 Å². The van der Waals surface area contributed by atoms with Crippen LogP contribution in [0.1, 0.15) is 48.8 Å². The van der Waals surface area contributed by atoms with Gasteiger partial charge in [0.05, 0.1) is 6.10 Å². The van der Waals surface area contributed by atoms with Crippen molar-refractivity contribution in [1.82, 2.24) is 0 Å². The molecule has 1 fully saturated rings. The zero-order valence-corrected chi connectivity index (χ0v) is 9.02. The molecule has 1 aromatic carbocycles. The number of hydrogen-bond acceptors (Lipinski definition) is 2. The van der Waals surface area contributed by atoms with Crippen LogP contribution in [0.5, 0.6) is 0 Å². The molecule has 0 amide bonds. The van der Waals surface area contributed by atoms with Gasteiger partial charge in [0.1, 0.15) is 0 Å². The molecule has 1 aromatic rings. The first kappa shape index (κ1) is 10.7. The summed E-state index contributed by atoms with van der Waals surface area (Å²) in [6.45, 7) is 0.533. The molecule has 1 aliphatic rings. The summed E-state index contributed by atoms with van der Waals surface area (Å²) in [6.07, 6.45) is 4.26. The second-order valence-corrected chi connectivity index (χ2v) is 4.39. The summed E-state index contributed by atoms with van der Waals surface area (Å²) in [5.41, 5.74) is 7.83. The van der Waals surface area contributed by atoms with E-state index in [1.54, 1.807) is 0 Å². The topological polar surface area (TPSA) is 46.2 Å². The average molecular weight is 205 g/mol. The maximum Gasteiger partial charge on any atom is 0.0802 e. The summed E-state index contributed by atoms with van der Waals surface area (Å²) in [4.78, 5) is 0. The molecule has 0 aliphatic heterocycles. The van der Waals surface area contributed by atoms with Gasteiger partial charge in [-0.3, -0.25) is 0 Å². The van der Waals surface area contributed by atoms with Gasteiger partial charge in [-0.05, 0) is 42.9 Å². The maximum absolute atomic E-state index is 9.74. The van der Waals surface area contributed by atoms with Crippen molar-refractivity contribution in [3.8, 4) is 0 Å². The largest absolute Gasteiger partial charge is 0.388 e. The highest BCUT2D eigenvalue weighted by atomic mass is 16.3. The highest BCUT2D eigenvalue weighted by molar-refractivity contribution is 5.27. The van der Waals surface area contributed by atoms with Crippen molar-refractivity contribution >= 4 is 0 Å². The second-order valence-electron chi connectivity index (χ2n) is 4.39. The van der Waals surface area contributed by atoms with Crippen molar-refractivity contribution in [1.29, 1.82) is 0 Å². The molecule has 1 atom stereocenters. The smallest absolute Gasteiger partial charge is 0.0802 e. The SMILES string of the molecule is NCCC(O)c1ccc(C2CCC2)cc1. The van der Waals surface area contributed by atoms with Crippen LogP contribution in [0.2, 0.25) is 0 Å². The predicted molar refractivity (Wildman–Crippen MR) is 61.7 cm³/mol. The quantitative estimate of drug-likeness (QED) is 0.792. The Morgan fingerprint density at radius 2 is 1.93 bits per heavy atom.